The number of hydrogen-bond donors (Lipinski definition) is 0. The molecular formula is C13H11Br2NO2. The van der Waals surface area contributed by atoms with Crippen LogP contribution in [0.15, 0.2) is 33.2 Å². The normalized spacial score (nSPS) is 17.7. The van der Waals surface area contributed by atoms with Gasteiger partial charge in [-0.05, 0) is 51.3 Å². The molecule has 18 heavy (non-hydrogen) atoms. The van der Waals surface area contributed by atoms with Crippen LogP contribution >= 0.6 is 31.9 Å². The summed E-state index contributed by atoms with van der Waals surface area (Å²) < 4.78 is 0.568. The molecule has 0 radical (unpaired) electrons. The van der Waals surface area contributed by atoms with Crippen LogP contribution in [0.1, 0.15) is 24.1 Å². The van der Waals surface area contributed by atoms with Crippen molar-refractivity contribution in [3.8, 4) is 0 Å². The van der Waals surface area contributed by atoms with Crippen LogP contribution in [-0.4, -0.2) is 16.7 Å². The number of aryl methyl sites for hydroxylation is 1. The summed E-state index contributed by atoms with van der Waals surface area (Å²) in [5.41, 5.74) is 2.08. The predicted octanol–water partition coefficient (Wildman–Crippen LogP) is 3.43. The van der Waals surface area contributed by atoms with Crippen LogP contribution in [-0.2, 0) is 9.59 Å². The van der Waals surface area contributed by atoms with Gasteiger partial charge in [0.05, 0.1) is 6.04 Å². The standard InChI is InChI=1S/C13H11Br2NO2/c1-7-3-5-9(6-4-7)8(2)16-12(17)10(14)11(15)13(16)18/h3-6,8H,1-2H3. The summed E-state index contributed by atoms with van der Waals surface area (Å²) in [7, 11) is 0. The van der Waals surface area contributed by atoms with E-state index in [-0.39, 0.29) is 26.8 Å². The lowest BCUT2D eigenvalue weighted by Crippen LogP contribution is -2.33. The Morgan fingerprint density at radius 3 is 1.89 bits per heavy atom. The summed E-state index contributed by atoms with van der Waals surface area (Å²) in [5.74, 6) is -0.611. The second kappa shape index (κ2) is 4.97. The fourth-order valence-electron chi connectivity index (χ4n) is 1.84. The van der Waals surface area contributed by atoms with Gasteiger partial charge in [-0.3, -0.25) is 14.5 Å². The third-order valence-electron chi connectivity index (χ3n) is 2.95. The number of halogens is 2. The minimum absolute atomic E-state index is 0.284. The van der Waals surface area contributed by atoms with Gasteiger partial charge in [-0.15, -0.1) is 0 Å². The van der Waals surface area contributed by atoms with Crippen molar-refractivity contribution >= 4 is 43.7 Å². The highest BCUT2D eigenvalue weighted by Crippen LogP contribution is 2.35. The van der Waals surface area contributed by atoms with E-state index in [0.29, 0.717) is 0 Å². The number of imide groups is 1. The lowest BCUT2D eigenvalue weighted by atomic mass is 10.1. The minimum atomic E-state index is -0.306. The molecule has 1 aliphatic heterocycles. The molecule has 0 aromatic heterocycles. The summed E-state index contributed by atoms with van der Waals surface area (Å²) in [6, 6.07) is 7.51. The van der Waals surface area contributed by atoms with E-state index >= 15 is 0 Å². The molecule has 94 valence electrons. The number of benzene rings is 1. The zero-order valence-corrected chi connectivity index (χ0v) is 13.1. The number of carbonyl (C=O) groups excluding carboxylic acids is 2. The van der Waals surface area contributed by atoms with E-state index in [4.69, 9.17) is 0 Å². The van der Waals surface area contributed by atoms with E-state index in [1.807, 2.05) is 38.1 Å². The lowest BCUT2D eigenvalue weighted by Gasteiger charge is -2.23. The molecule has 0 saturated carbocycles. The highest BCUT2D eigenvalue weighted by Gasteiger charge is 2.39. The number of hydrogen-bond acceptors (Lipinski definition) is 2. The Morgan fingerprint density at radius 1 is 1.00 bits per heavy atom. The van der Waals surface area contributed by atoms with Crippen molar-refractivity contribution in [1.82, 2.24) is 4.90 Å². The number of rotatable bonds is 2. The van der Waals surface area contributed by atoms with Gasteiger partial charge in [-0.2, -0.15) is 0 Å². The van der Waals surface area contributed by atoms with E-state index < -0.39 is 0 Å². The molecule has 0 saturated heterocycles. The van der Waals surface area contributed by atoms with Crippen molar-refractivity contribution in [2.75, 3.05) is 0 Å². The number of amides is 2. The summed E-state index contributed by atoms with van der Waals surface area (Å²) in [5, 5.41) is 0. The molecule has 1 aliphatic rings. The molecule has 5 heteroatoms. The second-order valence-electron chi connectivity index (χ2n) is 4.19. The van der Waals surface area contributed by atoms with E-state index in [0.717, 1.165) is 11.1 Å². The topological polar surface area (TPSA) is 37.4 Å². The van der Waals surface area contributed by atoms with Gasteiger partial charge in [-0.1, -0.05) is 29.8 Å². The molecule has 0 aliphatic carbocycles. The first kappa shape index (κ1) is 13.5. The molecule has 1 heterocycles. The average Bonchev–Trinajstić information content (AvgIpc) is 2.54. The van der Waals surface area contributed by atoms with Gasteiger partial charge in [0, 0.05) is 0 Å². The van der Waals surface area contributed by atoms with Gasteiger partial charge in [0.2, 0.25) is 0 Å². The Morgan fingerprint density at radius 2 is 1.44 bits per heavy atom. The molecule has 1 atom stereocenters. The van der Waals surface area contributed by atoms with E-state index in [9.17, 15) is 9.59 Å². The quantitative estimate of drug-likeness (QED) is 0.746. The van der Waals surface area contributed by atoms with Crippen molar-refractivity contribution in [1.29, 1.82) is 0 Å². The minimum Gasteiger partial charge on any atom is -0.268 e. The highest BCUT2D eigenvalue weighted by molar-refractivity contribution is 9.14. The van der Waals surface area contributed by atoms with Crippen LogP contribution in [0.4, 0.5) is 0 Å². The third kappa shape index (κ3) is 2.17. The van der Waals surface area contributed by atoms with Crippen molar-refractivity contribution in [3.05, 3.63) is 44.4 Å². The maximum Gasteiger partial charge on any atom is 0.269 e. The Balaban J connectivity index is 2.31. The third-order valence-corrected chi connectivity index (χ3v) is 4.96. The van der Waals surface area contributed by atoms with Gasteiger partial charge in [0.25, 0.3) is 11.8 Å². The lowest BCUT2D eigenvalue weighted by molar-refractivity contribution is -0.139. The molecule has 2 amide bonds. The maximum atomic E-state index is 12.0. The maximum absolute atomic E-state index is 12.0. The van der Waals surface area contributed by atoms with Crippen LogP contribution < -0.4 is 0 Å². The van der Waals surface area contributed by atoms with E-state index in [1.165, 1.54) is 4.90 Å². The smallest absolute Gasteiger partial charge is 0.268 e. The van der Waals surface area contributed by atoms with Gasteiger partial charge < -0.3 is 0 Å². The molecule has 0 bridgehead atoms. The fourth-order valence-corrected chi connectivity index (χ4v) is 2.56. The molecule has 0 N–H and O–H groups in total. The zero-order chi connectivity index (χ0) is 13.4. The van der Waals surface area contributed by atoms with Crippen LogP contribution in [0.3, 0.4) is 0 Å². The summed E-state index contributed by atoms with van der Waals surface area (Å²) in [6.45, 7) is 3.84. The molecule has 1 aromatic carbocycles. The van der Waals surface area contributed by atoms with Gasteiger partial charge >= 0.3 is 0 Å². The van der Waals surface area contributed by atoms with Crippen molar-refractivity contribution in [3.63, 3.8) is 0 Å². The van der Waals surface area contributed by atoms with Gasteiger partial charge in [0.15, 0.2) is 0 Å². The van der Waals surface area contributed by atoms with Gasteiger partial charge in [-0.25, -0.2) is 0 Å². The largest absolute Gasteiger partial charge is 0.269 e. The second-order valence-corrected chi connectivity index (χ2v) is 5.78. The first-order chi connectivity index (χ1) is 8.43. The first-order valence-electron chi connectivity index (χ1n) is 5.43. The predicted molar refractivity (Wildman–Crippen MR) is 76.3 cm³/mol. The molecule has 0 fully saturated rings. The molecule has 1 unspecified atom stereocenters. The molecule has 2 rings (SSSR count). The Labute approximate surface area is 122 Å². The van der Waals surface area contributed by atoms with Crippen molar-refractivity contribution in [2.24, 2.45) is 0 Å². The number of nitrogens with zero attached hydrogens (tertiary/aromatic N) is 1. The Hall–Kier alpha value is -0.940. The van der Waals surface area contributed by atoms with Crippen LogP contribution in [0, 0.1) is 6.92 Å². The van der Waals surface area contributed by atoms with Crippen LogP contribution in [0.25, 0.3) is 0 Å². The summed E-state index contributed by atoms with van der Waals surface area (Å²) >= 11 is 6.25. The first-order valence-corrected chi connectivity index (χ1v) is 7.02. The van der Waals surface area contributed by atoms with Crippen molar-refractivity contribution in [2.45, 2.75) is 19.9 Å². The molecular weight excluding hydrogens is 362 g/mol. The van der Waals surface area contributed by atoms with Crippen molar-refractivity contribution < 1.29 is 9.59 Å². The zero-order valence-electron chi connectivity index (χ0n) is 9.91. The molecule has 0 spiro atoms. The Kier molecular flexibility index (Phi) is 3.73. The average molecular weight is 373 g/mol. The van der Waals surface area contributed by atoms with Crippen LogP contribution in [0.5, 0.6) is 0 Å². The Bertz CT molecular complexity index is 525. The fraction of sp³-hybridized carbons (Fsp3) is 0.231. The summed E-state index contributed by atoms with van der Waals surface area (Å²) in [4.78, 5) is 25.2. The SMILES string of the molecule is Cc1ccc(C(C)N2C(=O)C(Br)=C(Br)C2=O)cc1. The highest BCUT2D eigenvalue weighted by atomic mass is 79.9. The van der Waals surface area contributed by atoms with Gasteiger partial charge in [0.1, 0.15) is 8.96 Å². The number of carbonyl (C=O) groups is 2. The molecule has 1 aromatic rings. The van der Waals surface area contributed by atoms with Crippen LogP contribution in [0.2, 0.25) is 0 Å². The van der Waals surface area contributed by atoms with E-state index in [2.05, 4.69) is 31.9 Å². The summed E-state index contributed by atoms with van der Waals surface area (Å²) in [6.07, 6.45) is 0. The molecule has 3 nitrogen and oxygen atoms in total. The monoisotopic (exact) mass is 371 g/mol. The van der Waals surface area contributed by atoms with E-state index in [1.54, 1.807) is 0 Å².